The third kappa shape index (κ3) is 2.26. The van der Waals surface area contributed by atoms with Gasteiger partial charge in [-0.2, -0.15) is 0 Å². The maximum atomic E-state index is 5.57. The van der Waals surface area contributed by atoms with Crippen molar-refractivity contribution in [2.45, 2.75) is 44.9 Å². The smallest absolute Gasteiger partial charge is 0.128 e. The van der Waals surface area contributed by atoms with E-state index in [1.807, 2.05) is 12.4 Å². The Balaban J connectivity index is 1.46. The topological polar surface area (TPSA) is 51.8 Å². The lowest BCUT2D eigenvalue weighted by Crippen LogP contribution is -2.45. The minimum absolute atomic E-state index is 0.679. The molecule has 1 aromatic heterocycles. The number of aromatic nitrogens is 2. The lowest BCUT2D eigenvalue weighted by Gasteiger charge is -2.54. The molecule has 0 aromatic carbocycles. The normalized spacial score (nSPS) is 38.4. The summed E-state index contributed by atoms with van der Waals surface area (Å²) in [6.45, 7) is 0.679. The molecule has 20 heavy (non-hydrogen) atoms. The van der Waals surface area contributed by atoms with E-state index < -0.39 is 0 Å². The van der Waals surface area contributed by atoms with Crippen LogP contribution in [0.3, 0.4) is 0 Å². The van der Waals surface area contributed by atoms with Crippen molar-refractivity contribution in [3.05, 3.63) is 23.8 Å². The van der Waals surface area contributed by atoms with Gasteiger partial charge in [-0.25, -0.2) is 9.97 Å². The summed E-state index contributed by atoms with van der Waals surface area (Å²) in [7, 11) is 0. The van der Waals surface area contributed by atoms with Gasteiger partial charge < -0.3 is 5.73 Å². The van der Waals surface area contributed by atoms with Crippen LogP contribution in [-0.4, -0.2) is 16.5 Å². The van der Waals surface area contributed by atoms with Gasteiger partial charge in [-0.15, -0.1) is 0 Å². The third-order valence-corrected chi connectivity index (χ3v) is 6.03. The van der Waals surface area contributed by atoms with E-state index in [0.717, 1.165) is 48.3 Å². The zero-order valence-corrected chi connectivity index (χ0v) is 12.2. The van der Waals surface area contributed by atoms with Crippen LogP contribution in [-0.2, 0) is 12.8 Å². The third-order valence-electron chi connectivity index (χ3n) is 6.03. The number of hydrogen-bond acceptors (Lipinski definition) is 3. The molecule has 0 saturated heterocycles. The highest BCUT2D eigenvalue weighted by Gasteiger charge is 2.48. The van der Waals surface area contributed by atoms with Crippen LogP contribution in [0.1, 0.15) is 43.5 Å². The summed E-state index contributed by atoms with van der Waals surface area (Å²) in [4.78, 5) is 9.16. The van der Waals surface area contributed by atoms with Gasteiger partial charge in [0.2, 0.25) is 0 Å². The van der Waals surface area contributed by atoms with Crippen LogP contribution in [0.5, 0.6) is 0 Å². The van der Waals surface area contributed by atoms with Crippen molar-refractivity contribution in [1.29, 1.82) is 0 Å². The first-order chi connectivity index (χ1) is 9.81. The first-order valence-corrected chi connectivity index (χ1v) is 8.31. The summed E-state index contributed by atoms with van der Waals surface area (Å²) in [5.74, 6) is 5.98. The maximum Gasteiger partial charge on any atom is 0.128 e. The second-order valence-corrected chi connectivity index (χ2v) is 7.34. The Kier molecular flexibility index (Phi) is 3.25. The van der Waals surface area contributed by atoms with Gasteiger partial charge in [-0.3, -0.25) is 0 Å². The van der Waals surface area contributed by atoms with Crippen LogP contribution in [0.2, 0.25) is 0 Å². The maximum absolute atomic E-state index is 5.57. The van der Waals surface area contributed by atoms with Gasteiger partial charge in [-0.1, -0.05) is 0 Å². The van der Waals surface area contributed by atoms with Crippen molar-refractivity contribution in [2.24, 2.45) is 35.3 Å². The number of hydrogen-bond donors (Lipinski definition) is 1. The highest BCUT2D eigenvalue weighted by atomic mass is 14.9. The van der Waals surface area contributed by atoms with Crippen LogP contribution in [0.4, 0.5) is 0 Å². The summed E-state index contributed by atoms with van der Waals surface area (Å²) < 4.78 is 0. The van der Waals surface area contributed by atoms with Crippen molar-refractivity contribution in [2.75, 3.05) is 6.54 Å². The van der Waals surface area contributed by atoms with Gasteiger partial charge in [0.25, 0.3) is 0 Å². The molecule has 4 fully saturated rings. The van der Waals surface area contributed by atoms with E-state index >= 15 is 0 Å². The fourth-order valence-corrected chi connectivity index (χ4v) is 5.36. The Hall–Kier alpha value is -0.960. The SMILES string of the molecule is NCCc1cnc(CC2C3CC4CC(C3)CC2C4)nc1. The quantitative estimate of drug-likeness (QED) is 0.915. The monoisotopic (exact) mass is 271 g/mol. The van der Waals surface area contributed by atoms with E-state index in [1.54, 1.807) is 0 Å². The summed E-state index contributed by atoms with van der Waals surface area (Å²) in [6, 6.07) is 0. The second kappa shape index (κ2) is 5.10. The summed E-state index contributed by atoms with van der Waals surface area (Å²) in [6.07, 6.45) is 13.4. The minimum Gasteiger partial charge on any atom is -0.330 e. The molecule has 4 saturated carbocycles. The van der Waals surface area contributed by atoms with E-state index in [-0.39, 0.29) is 0 Å². The van der Waals surface area contributed by atoms with Gasteiger partial charge >= 0.3 is 0 Å². The molecule has 5 rings (SSSR count). The molecule has 3 nitrogen and oxygen atoms in total. The molecule has 4 aliphatic carbocycles. The molecule has 108 valence electrons. The minimum atomic E-state index is 0.679. The average Bonchev–Trinajstić information content (AvgIpc) is 2.44. The molecule has 4 bridgehead atoms. The number of rotatable bonds is 4. The fraction of sp³-hybridized carbons (Fsp3) is 0.765. The molecule has 1 heterocycles. The first-order valence-electron chi connectivity index (χ1n) is 8.31. The van der Waals surface area contributed by atoms with Crippen LogP contribution in [0.25, 0.3) is 0 Å². The van der Waals surface area contributed by atoms with Gasteiger partial charge in [0, 0.05) is 18.8 Å². The predicted octanol–water partition coefficient (Wildman–Crippen LogP) is 2.59. The van der Waals surface area contributed by atoms with Crippen LogP contribution < -0.4 is 5.73 Å². The van der Waals surface area contributed by atoms with E-state index in [2.05, 4.69) is 9.97 Å². The van der Waals surface area contributed by atoms with Gasteiger partial charge in [0.05, 0.1) is 0 Å². The summed E-state index contributed by atoms with van der Waals surface area (Å²) in [5, 5.41) is 0. The summed E-state index contributed by atoms with van der Waals surface area (Å²) in [5.41, 5.74) is 6.74. The van der Waals surface area contributed by atoms with Gasteiger partial charge in [0.1, 0.15) is 5.82 Å². The standard InChI is InChI=1S/C17H25N3/c18-2-1-11-9-19-17(20-10-11)8-16-14-4-12-3-13(6-14)7-15(16)5-12/h9-10,12-16H,1-8,18H2. The van der Waals surface area contributed by atoms with Crippen molar-refractivity contribution >= 4 is 0 Å². The van der Waals surface area contributed by atoms with E-state index in [9.17, 15) is 0 Å². The molecule has 0 atom stereocenters. The van der Waals surface area contributed by atoms with Crippen LogP contribution >= 0.6 is 0 Å². The Morgan fingerprint density at radius 2 is 1.55 bits per heavy atom. The zero-order chi connectivity index (χ0) is 13.5. The molecular weight excluding hydrogens is 246 g/mol. The zero-order valence-electron chi connectivity index (χ0n) is 12.2. The van der Waals surface area contributed by atoms with E-state index in [1.165, 1.54) is 37.7 Å². The van der Waals surface area contributed by atoms with Gasteiger partial charge in [0.15, 0.2) is 0 Å². The Morgan fingerprint density at radius 1 is 0.950 bits per heavy atom. The van der Waals surface area contributed by atoms with Gasteiger partial charge in [-0.05, 0) is 80.2 Å². The van der Waals surface area contributed by atoms with Crippen LogP contribution in [0, 0.1) is 29.6 Å². The molecule has 1 aromatic rings. The molecule has 0 unspecified atom stereocenters. The highest BCUT2D eigenvalue weighted by Crippen LogP contribution is 2.57. The molecule has 0 amide bonds. The molecular formula is C17H25N3. The highest BCUT2D eigenvalue weighted by molar-refractivity contribution is 5.07. The molecule has 0 aliphatic heterocycles. The molecule has 0 spiro atoms. The number of nitrogens with two attached hydrogens (primary N) is 1. The number of nitrogens with zero attached hydrogens (tertiary/aromatic N) is 2. The van der Waals surface area contributed by atoms with Crippen molar-refractivity contribution in [3.63, 3.8) is 0 Å². The average molecular weight is 271 g/mol. The molecule has 2 N–H and O–H groups in total. The first kappa shape index (κ1) is 12.8. The lowest BCUT2D eigenvalue weighted by molar-refractivity contribution is -0.0367. The van der Waals surface area contributed by atoms with E-state index in [4.69, 9.17) is 5.73 Å². The largest absolute Gasteiger partial charge is 0.330 e. The fourth-order valence-electron chi connectivity index (χ4n) is 5.36. The Bertz CT molecular complexity index is 440. The van der Waals surface area contributed by atoms with Crippen LogP contribution in [0.15, 0.2) is 12.4 Å². The summed E-state index contributed by atoms with van der Waals surface area (Å²) >= 11 is 0. The van der Waals surface area contributed by atoms with E-state index in [0.29, 0.717) is 6.54 Å². The van der Waals surface area contributed by atoms with Crippen molar-refractivity contribution in [3.8, 4) is 0 Å². The lowest BCUT2D eigenvalue weighted by atomic mass is 9.51. The predicted molar refractivity (Wildman–Crippen MR) is 79.0 cm³/mol. The Morgan fingerprint density at radius 3 is 2.10 bits per heavy atom. The van der Waals surface area contributed by atoms with Crippen molar-refractivity contribution in [1.82, 2.24) is 9.97 Å². The Labute approximate surface area is 121 Å². The molecule has 3 heteroatoms. The molecule has 4 aliphatic rings. The second-order valence-electron chi connectivity index (χ2n) is 7.34. The van der Waals surface area contributed by atoms with Crippen molar-refractivity contribution < 1.29 is 0 Å². The molecule has 0 radical (unpaired) electrons.